The number of rotatable bonds is 7. The predicted molar refractivity (Wildman–Crippen MR) is 65.8 cm³/mol. The highest BCUT2D eigenvalue weighted by atomic mass is 16.5. The average molecular weight is 230 g/mol. The Hall–Kier alpha value is -0.160. The van der Waals surface area contributed by atoms with Crippen LogP contribution < -0.4 is 5.32 Å². The highest BCUT2D eigenvalue weighted by Gasteiger charge is 2.13. The van der Waals surface area contributed by atoms with E-state index in [1.165, 1.54) is 0 Å². The first-order chi connectivity index (χ1) is 7.68. The van der Waals surface area contributed by atoms with Crippen molar-refractivity contribution in [3.63, 3.8) is 0 Å². The van der Waals surface area contributed by atoms with Crippen LogP contribution in [0.15, 0.2) is 0 Å². The second-order valence-electron chi connectivity index (χ2n) is 4.74. The Labute approximate surface area is 99.3 Å². The van der Waals surface area contributed by atoms with Gasteiger partial charge in [-0.3, -0.25) is 0 Å². The summed E-state index contributed by atoms with van der Waals surface area (Å²) in [6, 6.07) is 0.530. The number of likely N-dealkylation sites (N-methyl/N-ethyl adjacent to an activating group) is 1. The minimum absolute atomic E-state index is 0.335. The molecule has 0 amide bonds. The van der Waals surface area contributed by atoms with Crippen LogP contribution in [0.5, 0.6) is 0 Å². The van der Waals surface area contributed by atoms with Crippen LogP contribution in [0.1, 0.15) is 20.3 Å². The van der Waals surface area contributed by atoms with E-state index in [9.17, 15) is 0 Å². The number of morpholine rings is 1. The molecule has 1 heterocycles. The number of hydrogen-bond acceptors (Lipinski definition) is 4. The SMILES string of the molecule is CC(C)OCCN(C)CCC1COCCN1. The third-order valence-electron chi connectivity index (χ3n) is 2.78. The van der Waals surface area contributed by atoms with Crippen LogP contribution in [-0.4, -0.2) is 63.5 Å². The Bertz CT molecular complexity index is 170. The molecule has 1 atom stereocenters. The summed E-state index contributed by atoms with van der Waals surface area (Å²) < 4.78 is 10.9. The molecule has 1 fully saturated rings. The number of nitrogens with zero attached hydrogens (tertiary/aromatic N) is 1. The highest BCUT2D eigenvalue weighted by molar-refractivity contribution is 4.71. The molecular formula is C12H26N2O2. The van der Waals surface area contributed by atoms with E-state index in [1.807, 2.05) is 0 Å². The van der Waals surface area contributed by atoms with Crippen molar-refractivity contribution in [1.82, 2.24) is 10.2 Å². The minimum Gasteiger partial charge on any atom is -0.379 e. The summed E-state index contributed by atoms with van der Waals surface area (Å²) in [6.45, 7) is 9.78. The molecule has 1 unspecified atom stereocenters. The molecule has 0 aromatic rings. The van der Waals surface area contributed by atoms with Gasteiger partial charge in [0, 0.05) is 19.1 Å². The summed E-state index contributed by atoms with van der Waals surface area (Å²) in [5, 5.41) is 3.47. The monoisotopic (exact) mass is 230 g/mol. The Morgan fingerprint density at radius 2 is 2.25 bits per heavy atom. The molecular weight excluding hydrogens is 204 g/mol. The maximum absolute atomic E-state index is 5.52. The van der Waals surface area contributed by atoms with Crippen molar-refractivity contribution in [3.05, 3.63) is 0 Å². The zero-order valence-corrected chi connectivity index (χ0v) is 10.9. The Kier molecular flexibility index (Phi) is 6.96. The van der Waals surface area contributed by atoms with Gasteiger partial charge in [0.1, 0.15) is 0 Å². The van der Waals surface area contributed by atoms with E-state index in [0.29, 0.717) is 12.1 Å². The third kappa shape index (κ3) is 6.43. The minimum atomic E-state index is 0.335. The van der Waals surface area contributed by atoms with E-state index >= 15 is 0 Å². The zero-order valence-electron chi connectivity index (χ0n) is 10.9. The quantitative estimate of drug-likeness (QED) is 0.699. The predicted octanol–water partition coefficient (Wildman–Crippen LogP) is 0.722. The first-order valence-electron chi connectivity index (χ1n) is 6.29. The molecule has 1 N–H and O–H groups in total. The molecule has 1 saturated heterocycles. The second kappa shape index (κ2) is 8.01. The summed E-state index contributed by atoms with van der Waals surface area (Å²) in [7, 11) is 2.15. The third-order valence-corrected chi connectivity index (χ3v) is 2.78. The molecule has 1 aliphatic rings. The molecule has 0 aliphatic carbocycles. The highest BCUT2D eigenvalue weighted by Crippen LogP contribution is 2.00. The second-order valence-corrected chi connectivity index (χ2v) is 4.74. The molecule has 0 aromatic carbocycles. The van der Waals surface area contributed by atoms with Crippen LogP contribution in [0.3, 0.4) is 0 Å². The van der Waals surface area contributed by atoms with Crippen molar-refractivity contribution in [2.75, 3.05) is 46.5 Å². The molecule has 1 aliphatic heterocycles. The fourth-order valence-corrected chi connectivity index (χ4v) is 1.74. The molecule has 96 valence electrons. The Balaban J connectivity index is 1.98. The van der Waals surface area contributed by atoms with Crippen molar-refractivity contribution in [3.8, 4) is 0 Å². The van der Waals surface area contributed by atoms with Crippen LogP contribution in [0.25, 0.3) is 0 Å². The molecule has 0 radical (unpaired) electrons. The van der Waals surface area contributed by atoms with E-state index < -0.39 is 0 Å². The van der Waals surface area contributed by atoms with Gasteiger partial charge in [-0.2, -0.15) is 0 Å². The lowest BCUT2D eigenvalue weighted by Gasteiger charge is -2.26. The zero-order chi connectivity index (χ0) is 11.8. The van der Waals surface area contributed by atoms with Gasteiger partial charge in [0.25, 0.3) is 0 Å². The molecule has 1 rings (SSSR count). The average Bonchev–Trinajstić information content (AvgIpc) is 2.27. The van der Waals surface area contributed by atoms with Crippen LogP contribution >= 0.6 is 0 Å². The molecule has 4 nitrogen and oxygen atoms in total. The Morgan fingerprint density at radius 3 is 2.88 bits per heavy atom. The number of ether oxygens (including phenoxy) is 2. The molecule has 0 spiro atoms. The standard InChI is InChI=1S/C12H26N2O2/c1-11(2)16-9-7-14(3)6-4-12-10-15-8-5-13-12/h11-13H,4-10H2,1-3H3. The van der Waals surface area contributed by atoms with Crippen LogP contribution in [0.2, 0.25) is 0 Å². The lowest BCUT2D eigenvalue weighted by atomic mass is 10.2. The van der Waals surface area contributed by atoms with E-state index in [0.717, 1.165) is 45.9 Å². The fourth-order valence-electron chi connectivity index (χ4n) is 1.74. The number of hydrogen-bond donors (Lipinski definition) is 1. The molecule has 0 bridgehead atoms. The van der Waals surface area contributed by atoms with E-state index in [1.54, 1.807) is 0 Å². The van der Waals surface area contributed by atoms with Gasteiger partial charge in [-0.15, -0.1) is 0 Å². The first kappa shape index (κ1) is 13.9. The van der Waals surface area contributed by atoms with Gasteiger partial charge in [-0.1, -0.05) is 0 Å². The van der Waals surface area contributed by atoms with Gasteiger partial charge >= 0.3 is 0 Å². The topological polar surface area (TPSA) is 33.7 Å². The van der Waals surface area contributed by atoms with Gasteiger partial charge in [0.05, 0.1) is 25.9 Å². The smallest absolute Gasteiger partial charge is 0.0620 e. The summed E-state index contributed by atoms with van der Waals surface area (Å²) >= 11 is 0. The van der Waals surface area contributed by atoms with Gasteiger partial charge in [-0.25, -0.2) is 0 Å². The summed E-state index contributed by atoms with van der Waals surface area (Å²) in [6.07, 6.45) is 1.49. The lowest BCUT2D eigenvalue weighted by molar-refractivity contribution is 0.0559. The Morgan fingerprint density at radius 1 is 1.44 bits per heavy atom. The normalized spacial score (nSPS) is 21.9. The van der Waals surface area contributed by atoms with Crippen LogP contribution in [-0.2, 0) is 9.47 Å². The summed E-state index contributed by atoms with van der Waals surface area (Å²) in [5.41, 5.74) is 0. The summed E-state index contributed by atoms with van der Waals surface area (Å²) in [4.78, 5) is 2.32. The number of nitrogens with one attached hydrogen (secondary N) is 1. The first-order valence-corrected chi connectivity index (χ1v) is 6.29. The van der Waals surface area contributed by atoms with Crippen molar-refractivity contribution >= 4 is 0 Å². The van der Waals surface area contributed by atoms with Gasteiger partial charge in [0.15, 0.2) is 0 Å². The largest absolute Gasteiger partial charge is 0.379 e. The van der Waals surface area contributed by atoms with Crippen molar-refractivity contribution in [2.24, 2.45) is 0 Å². The van der Waals surface area contributed by atoms with Crippen molar-refractivity contribution < 1.29 is 9.47 Å². The van der Waals surface area contributed by atoms with Crippen LogP contribution in [0.4, 0.5) is 0 Å². The maximum atomic E-state index is 5.52. The fraction of sp³-hybridized carbons (Fsp3) is 1.00. The van der Waals surface area contributed by atoms with E-state index in [-0.39, 0.29) is 0 Å². The van der Waals surface area contributed by atoms with Crippen molar-refractivity contribution in [1.29, 1.82) is 0 Å². The maximum Gasteiger partial charge on any atom is 0.0620 e. The lowest BCUT2D eigenvalue weighted by Crippen LogP contribution is -2.43. The molecule has 16 heavy (non-hydrogen) atoms. The van der Waals surface area contributed by atoms with E-state index in [4.69, 9.17) is 9.47 Å². The molecule has 4 heteroatoms. The van der Waals surface area contributed by atoms with E-state index in [2.05, 4.69) is 31.1 Å². The molecule has 0 saturated carbocycles. The molecule has 0 aromatic heterocycles. The van der Waals surface area contributed by atoms with Crippen LogP contribution in [0, 0.1) is 0 Å². The van der Waals surface area contributed by atoms with Gasteiger partial charge in [-0.05, 0) is 33.9 Å². The van der Waals surface area contributed by atoms with Gasteiger partial charge in [0.2, 0.25) is 0 Å². The van der Waals surface area contributed by atoms with Gasteiger partial charge < -0.3 is 19.7 Å². The van der Waals surface area contributed by atoms with Crippen molar-refractivity contribution in [2.45, 2.75) is 32.4 Å². The summed E-state index contributed by atoms with van der Waals surface area (Å²) in [5.74, 6) is 0.